The summed E-state index contributed by atoms with van der Waals surface area (Å²) in [5.74, 6) is 0.769. The van der Waals surface area contributed by atoms with Crippen molar-refractivity contribution >= 4 is 34.4 Å². The number of ketones is 1. The minimum atomic E-state index is -1.41. The summed E-state index contributed by atoms with van der Waals surface area (Å²) in [6.45, 7) is 4.49. The fourth-order valence-corrected chi connectivity index (χ4v) is 11.7. The molecule has 8 rings (SSSR count). The normalized spacial score (nSPS) is 37.6. The van der Waals surface area contributed by atoms with Gasteiger partial charge in [0.15, 0.2) is 5.78 Å². The molecule has 0 radical (unpaired) electrons. The molecule has 0 amide bonds. The predicted octanol–water partition coefficient (Wildman–Crippen LogP) is 7.42. The topological polar surface area (TPSA) is 87.7 Å². The third-order valence-corrected chi connectivity index (χ3v) is 14.1. The fourth-order valence-electron chi connectivity index (χ4n) is 10.8. The number of rotatable bonds is 5. The first-order valence-corrected chi connectivity index (χ1v) is 18.4. The van der Waals surface area contributed by atoms with Gasteiger partial charge in [0, 0.05) is 11.8 Å². The van der Waals surface area contributed by atoms with Crippen LogP contribution in [0.15, 0.2) is 53.2 Å². The molecule has 0 bridgehead atoms. The molecule has 5 unspecified atom stereocenters. The van der Waals surface area contributed by atoms with Crippen LogP contribution in [0.1, 0.15) is 107 Å². The number of nitrogens with zero attached hydrogens (tertiary/aromatic N) is 3. The second-order valence-electron chi connectivity index (χ2n) is 15.4. The fraction of sp³-hybridized carbons (Fsp3) is 0.605. The lowest BCUT2D eigenvalue weighted by Crippen LogP contribution is -2.62. The monoisotopic (exact) mass is 625 g/mol. The average Bonchev–Trinajstić information content (AvgIpc) is 3.75. The lowest BCUT2D eigenvalue weighted by atomic mass is 9.45. The Labute approximate surface area is 271 Å². The van der Waals surface area contributed by atoms with E-state index in [0.717, 1.165) is 48.4 Å². The van der Waals surface area contributed by atoms with E-state index in [-0.39, 0.29) is 28.8 Å². The standard InChI is InChI=1S/C38H47N3O3S/c1-36-20-25-22-39-41(27-11-7-4-8-12-27)31(25)19-26(36)13-14-28-29-17-18-38(44,37(29,2)21-32(42)35(28)36)33(43)23-45-34-16-15-30(40-34)24-9-5-3-6-10-24/h3,5-6,9-10,15,19,22,27-29,32,35,42,44H,4,7-8,11-14,16-18,20-21,23H2,1-2H3/t28?,29?,32-,35?,36?,37?,38-/m0/s1. The number of aliphatic hydroxyl groups is 2. The smallest absolute Gasteiger partial charge is 0.175 e. The number of hydrogen-bond acceptors (Lipinski definition) is 6. The van der Waals surface area contributed by atoms with Crippen LogP contribution in [-0.2, 0) is 11.2 Å². The average molecular weight is 626 g/mol. The van der Waals surface area contributed by atoms with Gasteiger partial charge in [-0.2, -0.15) is 5.10 Å². The van der Waals surface area contributed by atoms with Crippen LogP contribution in [0, 0.1) is 28.6 Å². The number of thioether (sulfide) groups is 1. The van der Waals surface area contributed by atoms with Gasteiger partial charge in [-0.3, -0.25) is 9.48 Å². The number of aliphatic imine (C=N–C) groups is 1. The van der Waals surface area contributed by atoms with Crippen molar-refractivity contribution < 1.29 is 15.0 Å². The second kappa shape index (κ2) is 11.1. The highest BCUT2D eigenvalue weighted by Crippen LogP contribution is 2.67. The number of carbonyl (C=O) groups is 1. The lowest BCUT2D eigenvalue weighted by molar-refractivity contribution is -0.177. The van der Waals surface area contributed by atoms with Gasteiger partial charge in [-0.25, -0.2) is 4.99 Å². The van der Waals surface area contributed by atoms with Crippen molar-refractivity contribution in [3.05, 3.63) is 65.0 Å². The van der Waals surface area contributed by atoms with Crippen LogP contribution in [-0.4, -0.2) is 48.3 Å². The molecule has 2 N–H and O–H groups in total. The van der Waals surface area contributed by atoms with Gasteiger partial charge in [0.2, 0.25) is 0 Å². The van der Waals surface area contributed by atoms with Crippen molar-refractivity contribution in [1.82, 2.24) is 9.78 Å². The largest absolute Gasteiger partial charge is 0.393 e. The predicted molar refractivity (Wildman–Crippen MR) is 181 cm³/mol. The molecule has 0 saturated heterocycles. The van der Waals surface area contributed by atoms with Crippen molar-refractivity contribution in [2.75, 3.05) is 5.75 Å². The molecule has 1 aliphatic heterocycles. The first-order valence-electron chi connectivity index (χ1n) is 17.4. The molecule has 4 saturated carbocycles. The number of benzene rings is 1. The molecule has 45 heavy (non-hydrogen) atoms. The number of allylic oxidation sites excluding steroid dienone is 2. The van der Waals surface area contributed by atoms with Gasteiger partial charge in [0.25, 0.3) is 0 Å². The summed E-state index contributed by atoms with van der Waals surface area (Å²) in [7, 11) is 0. The molecule has 5 aliphatic carbocycles. The SMILES string of the molecule is CC12Cc3cnn(C4CCCCC4)c3C=C1CCC1C2[C@@H](O)CC2(C)C1CC[C@]2(O)C(=O)CSC1=NC(c2ccccc2)=CC1. The molecule has 4 fully saturated rings. The lowest BCUT2D eigenvalue weighted by Gasteiger charge is -2.60. The molecule has 238 valence electrons. The Kier molecular flexibility index (Phi) is 7.34. The Balaban J connectivity index is 0.998. The number of aromatic nitrogens is 2. The van der Waals surface area contributed by atoms with Crippen LogP contribution in [0.3, 0.4) is 0 Å². The number of Topliss-reactive ketones (excluding diaryl/α,β-unsaturated/α-hetero) is 1. The van der Waals surface area contributed by atoms with E-state index in [1.54, 1.807) is 0 Å². The van der Waals surface area contributed by atoms with E-state index < -0.39 is 17.1 Å². The summed E-state index contributed by atoms with van der Waals surface area (Å²) < 4.78 is 2.32. The minimum absolute atomic E-state index is 0.0981. The van der Waals surface area contributed by atoms with Gasteiger partial charge >= 0.3 is 0 Å². The summed E-state index contributed by atoms with van der Waals surface area (Å²) in [6, 6.07) is 10.6. The van der Waals surface area contributed by atoms with Crippen molar-refractivity contribution in [1.29, 1.82) is 0 Å². The Morgan fingerprint density at radius 2 is 1.89 bits per heavy atom. The zero-order valence-electron chi connectivity index (χ0n) is 26.8. The molecule has 2 heterocycles. The Morgan fingerprint density at radius 3 is 2.69 bits per heavy atom. The molecular weight excluding hydrogens is 579 g/mol. The minimum Gasteiger partial charge on any atom is -0.393 e. The molecule has 7 atom stereocenters. The quantitative estimate of drug-likeness (QED) is 0.361. The summed E-state index contributed by atoms with van der Waals surface area (Å²) in [5, 5.41) is 30.1. The van der Waals surface area contributed by atoms with E-state index in [0.29, 0.717) is 24.8 Å². The maximum Gasteiger partial charge on any atom is 0.175 e. The van der Waals surface area contributed by atoms with Gasteiger partial charge < -0.3 is 10.2 Å². The van der Waals surface area contributed by atoms with Crippen LogP contribution in [0.5, 0.6) is 0 Å². The molecule has 7 heteroatoms. The number of aliphatic hydroxyl groups excluding tert-OH is 1. The second-order valence-corrected chi connectivity index (χ2v) is 16.4. The van der Waals surface area contributed by atoms with Crippen molar-refractivity contribution in [3.8, 4) is 0 Å². The van der Waals surface area contributed by atoms with Gasteiger partial charge in [-0.15, -0.1) is 11.8 Å². The maximum atomic E-state index is 13.9. The zero-order valence-corrected chi connectivity index (χ0v) is 27.6. The maximum absolute atomic E-state index is 13.9. The Hall–Kier alpha value is -2.48. The Morgan fingerprint density at radius 1 is 1.09 bits per heavy atom. The zero-order chi connectivity index (χ0) is 31.0. The molecule has 6 nitrogen and oxygen atoms in total. The van der Waals surface area contributed by atoms with Crippen LogP contribution in [0.4, 0.5) is 0 Å². The summed E-state index contributed by atoms with van der Waals surface area (Å²) >= 11 is 1.47. The summed E-state index contributed by atoms with van der Waals surface area (Å²) in [4.78, 5) is 18.7. The van der Waals surface area contributed by atoms with Crippen LogP contribution in [0.2, 0.25) is 0 Å². The number of hydrogen-bond donors (Lipinski definition) is 2. The van der Waals surface area contributed by atoms with E-state index >= 15 is 0 Å². The first-order chi connectivity index (χ1) is 21.7. The molecule has 1 aromatic heterocycles. The summed E-state index contributed by atoms with van der Waals surface area (Å²) in [6.07, 6.45) is 17.9. The van der Waals surface area contributed by atoms with Crippen molar-refractivity contribution in [2.45, 2.75) is 109 Å². The van der Waals surface area contributed by atoms with E-state index in [4.69, 9.17) is 10.1 Å². The van der Waals surface area contributed by atoms with Crippen LogP contribution in [0.25, 0.3) is 11.8 Å². The number of fused-ring (bicyclic) bond motifs is 6. The van der Waals surface area contributed by atoms with Gasteiger partial charge in [-0.1, -0.05) is 75.1 Å². The van der Waals surface area contributed by atoms with Crippen molar-refractivity contribution in [3.63, 3.8) is 0 Å². The highest BCUT2D eigenvalue weighted by Gasteiger charge is 2.68. The van der Waals surface area contributed by atoms with Gasteiger partial charge in [0.1, 0.15) is 5.60 Å². The molecule has 6 aliphatic rings. The molecular formula is C38H47N3O3S. The van der Waals surface area contributed by atoms with Crippen LogP contribution >= 0.6 is 11.8 Å². The molecule has 1 aromatic carbocycles. The van der Waals surface area contributed by atoms with E-state index in [1.807, 2.05) is 18.2 Å². The third kappa shape index (κ3) is 4.62. The van der Waals surface area contributed by atoms with Crippen LogP contribution < -0.4 is 0 Å². The highest BCUT2D eigenvalue weighted by molar-refractivity contribution is 8.14. The summed E-state index contributed by atoms with van der Waals surface area (Å²) in [5.41, 5.74) is 3.97. The molecule has 2 aromatic rings. The Bertz CT molecular complexity index is 1590. The third-order valence-electron chi connectivity index (χ3n) is 13.1. The van der Waals surface area contributed by atoms with Gasteiger partial charge in [0.05, 0.1) is 40.5 Å². The number of carbonyl (C=O) groups excluding carboxylic acids is 1. The van der Waals surface area contributed by atoms with E-state index in [2.05, 4.69) is 49.0 Å². The highest BCUT2D eigenvalue weighted by atomic mass is 32.2. The van der Waals surface area contributed by atoms with Gasteiger partial charge in [-0.05, 0) is 91.7 Å². The first kappa shape index (κ1) is 29.9. The van der Waals surface area contributed by atoms with E-state index in [9.17, 15) is 15.0 Å². The van der Waals surface area contributed by atoms with Crippen molar-refractivity contribution in [2.24, 2.45) is 33.6 Å². The van der Waals surface area contributed by atoms with E-state index in [1.165, 1.54) is 60.7 Å². The molecule has 0 spiro atoms.